The van der Waals surface area contributed by atoms with Crippen molar-refractivity contribution in [3.05, 3.63) is 41.5 Å². The quantitative estimate of drug-likeness (QED) is 0.492. The second-order valence-electron chi connectivity index (χ2n) is 7.70. The topological polar surface area (TPSA) is 86.0 Å². The Morgan fingerprint density at radius 1 is 1.31 bits per heavy atom. The van der Waals surface area contributed by atoms with Crippen LogP contribution in [-0.2, 0) is 11.8 Å². The van der Waals surface area contributed by atoms with Crippen LogP contribution in [0.4, 0.5) is 4.39 Å². The molecule has 0 aliphatic carbocycles. The molecule has 1 saturated heterocycles. The van der Waals surface area contributed by atoms with Gasteiger partial charge >= 0.3 is 0 Å². The minimum atomic E-state index is -0.558. The van der Waals surface area contributed by atoms with Gasteiger partial charge in [-0.2, -0.15) is 5.10 Å². The average Bonchev–Trinajstić information content (AvgIpc) is 3.55. The number of fused-ring (bicyclic) bond motifs is 1. The van der Waals surface area contributed by atoms with E-state index in [0.29, 0.717) is 47.1 Å². The molecule has 0 spiro atoms. The summed E-state index contributed by atoms with van der Waals surface area (Å²) in [6.07, 6.45) is 5.12. The molecule has 0 bridgehead atoms. The Labute approximate surface area is 188 Å². The first kappa shape index (κ1) is 20.9. The molecule has 0 radical (unpaired) electrons. The van der Waals surface area contributed by atoms with E-state index in [1.165, 1.54) is 7.11 Å². The molecule has 1 aliphatic rings. The van der Waals surface area contributed by atoms with Crippen molar-refractivity contribution >= 4 is 22.5 Å². The third-order valence-electron chi connectivity index (χ3n) is 5.97. The Hall–Kier alpha value is -2.95. The number of benzene rings is 1. The van der Waals surface area contributed by atoms with Crippen molar-refractivity contribution in [1.82, 2.24) is 34.2 Å². The first-order chi connectivity index (χ1) is 15.5. The number of morpholine rings is 1. The number of ether oxygens (including phenoxy) is 2. The molecule has 9 nitrogen and oxygen atoms in total. The fourth-order valence-corrected chi connectivity index (χ4v) is 4.49. The van der Waals surface area contributed by atoms with Crippen molar-refractivity contribution in [1.29, 1.82) is 0 Å². The van der Waals surface area contributed by atoms with E-state index in [0.717, 1.165) is 13.1 Å². The van der Waals surface area contributed by atoms with Gasteiger partial charge in [-0.05, 0) is 13.0 Å². The highest BCUT2D eigenvalue weighted by Gasteiger charge is 2.28. The number of nitrogens with zero attached hydrogens (tertiary/aromatic N) is 6. The monoisotopic (exact) mass is 459 g/mol. The van der Waals surface area contributed by atoms with E-state index in [4.69, 9.17) is 26.1 Å². The van der Waals surface area contributed by atoms with Crippen molar-refractivity contribution in [2.45, 2.75) is 13.0 Å². The van der Waals surface area contributed by atoms with E-state index in [2.05, 4.69) is 27.0 Å². The smallest absolute Gasteiger partial charge is 0.174 e. The Balaban J connectivity index is 1.69. The number of hydrogen-bond acceptors (Lipinski definition) is 6. The van der Waals surface area contributed by atoms with E-state index in [-0.39, 0.29) is 16.8 Å². The number of hydrogen-bond donors (Lipinski definition) is 1. The molecular formula is C21H23ClFN7O2. The van der Waals surface area contributed by atoms with Crippen molar-refractivity contribution in [2.24, 2.45) is 7.05 Å². The maximum absolute atomic E-state index is 15.3. The normalized spacial score (nSPS) is 16.0. The Morgan fingerprint density at radius 3 is 2.78 bits per heavy atom. The van der Waals surface area contributed by atoms with Gasteiger partial charge < -0.3 is 18.6 Å². The maximum atomic E-state index is 15.3. The van der Waals surface area contributed by atoms with Crippen LogP contribution in [0.25, 0.3) is 28.1 Å². The standard InChI is InChI=1S/C21H23ClFN7O2/c1-12(29-6-8-32-9-7-29)20-25-21(27-26-20)19-18(30-5-4-24-11-30)13-10-14(31-3)15(22)16(23)17(13)28(19)2/h4-5,10-12H,6-9H2,1-3H3,(H,25,26,27)/t12-/m0/s1. The summed E-state index contributed by atoms with van der Waals surface area (Å²) >= 11 is 6.22. The average molecular weight is 460 g/mol. The van der Waals surface area contributed by atoms with Gasteiger partial charge in [-0.1, -0.05) is 11.6 Å². The number of aromatic amines is 1. The van der Waals surface area contributed by atoms with Crippen LogP contribution in [0.2, 0.25) is 5.02 Å². The molecule has 0 saturated carbocycles. The molecule has 168 valence electrons. The summed E-state index contributed by atoms with van der Waals surface area (Å²) in [5.41, 5.74) is 1.71. The predicted molar refractivity (Wildman–Crippen MR) is 118 cm³/mol. The molecule has 1 fully saturated rings. The Bertz CT molecular complexity index is 1260. The summed E-state index contributed by atoms with van der Waals surface area (Å²) in [6.45, 7) is 5.10. The third-order valence-corrected chi connectivity index (χ3v) is 6.33. The lowest BCUT2D eigenvalue weighted by molar-refractivity contribution is 0.0182. The number of H-pyrrole nitrogens is 1. The van der Waals surface area contributed by atoms with Gasteiger partial charge in [0, 0.05) is 37.9 Å². The van der Waals surface area contributed by atoms with Crippen molar-refractivity contribution in [3.63, 3.8) is 0 Å². The second kappa shape index (κ2) is 8.19. The van der Waals surface area contributed by atoms with Gasteiger partial charge in [0.05, 0.1) is 43.9 Å². The first-order valence-corrected chi connectivity index (χ1v) is 10.7. The summed E-state index contributed by atoms with van der Waals surface area (Å²) < 4.78 is 29.6. The predicted octanol–water partition coefficient (Wildman–Crippen LogP) is 3.34. The van der Waals surface area contributed by atoms with Gasteiger partial charge in [0.15, 0.2) is 17.5 Å². The molecule has 1 aromatic carbocycles. The lowest BCUT2D eigenvalue weighted by atomic mass is 10.2. The van der Waals surface area contributed by atoms with Crippen molar-refractivity contribution in [2.75, 3.05) is 33.4 Å². The SMILES string of the molecule is COc1cc2c(-n3ccnc3)c(-c3nc([C@H](C)N4CCOCC4)n[nH]3)n(C)c2c(F)c1Cl. The zero-order chi connectivity index (χ0) is 22.4. The molecular weight excluding hydrogens is 437 g/mol. The van der Waals surface area contributed by atoms with Crippen LogP contribution in [-0.4, -0.2) is 67.6 Å². The molecule has 32 heavy (non-hydrogen) atoms. The van der Waals surface area contributed by atoms with E-state index in [1.54, 1.807) is 36.4 Å². The van der Waals surface area contributed by atoms with Crippen LogP contribution in [0.1, 0.15) is 18.8 Å². The number of nitrogens with one attached hydrogen (secondary N) is 1. The maximum Gasteiger partial charge on any atom is 0.174 e. The number of methoxy groups -OCH3 is 1. The van der Waals surface area contributed by atoms with Crippen molar-refractivity contribution < 1.29 is 13.9 Å². The fraction of sp³-hybridized carbons (Fsp3) is 0.381. The summed E-state index contributed by atoms with van der Waals surface area (Å²) in [5, 5.41) is 8.08. The molecule has 11 heteroatoms. The first-order valence-electron chi connectivity index (χ1n) is 10.3. The lowest BCUT2D eigenvalue weighted by Crippen LogP contribution is -2.38. The fourth-order valence-electron chi connectivity index (χ4n) is 4.27. The largest absolute Gasteiger partial charge is 0.495 e. The van der Waals surface area contributed by atoms with Crippen LogP contribution < -0.4 is 4.74 Å². The minimum absolute atomic E-state index is 0.0153. The van der Waals surface area contributed by atoms with Crippen LogP contribution >= 0.6 is 11.6 Å². The summed E-state index contributed by atoms with van der Waals surface area (Å²) in [6, 6.07) is 1.74. The highest BCUT2D eigenvalue weighted by molar-refractivity contribution is 6.33. The molecule has 0 unspecified atom stereocenters. The number of imidazole rings is 1. The van der Waals surface area contributed by atoms with Crippen molar-refractivity contribution in [3.8, 4) is 23.0 Å². The van der Waals surface area contributed by atoms with Gasteiger partial charge in [0.1, 0.15) is 16.5 Å². The molecule has 1 aliphatic heterocycles. The number of halogens is 2. The molecule has 5 rings (SSSR count). The zero-order valence-corrected chi connectivity index (χ0v) is 18.7. The van der Waals surface area contributed by atoms with Crippen LogP contribution in [0.5, 0.6) is 5.75 Å². The van der Waals surface area contributed by atoms with E-state index in [9.17, 15) is 0 Å². The number of rotatable bonds is 5. The van der Waals surface area contributed by atoms with Gasteiger partial charge in [0.25, 0.3) is 0 Å². The molecule has 3 aromatic heterocycles. The summed E-state index contributed by atoms with van der Waals surface area (Å²) in [4.78, 5) is 11.2. The van der Waals surface area contributed by atoms with E-state index < -0.39 is 5.82 Å². The van der Waals surface area contributed by atoms with Gasteiger partial charge in [-0.3, -0.25) is 10.00 Å². The highest BCUT2D eigenvalue weighted by Crippen LogP contribution is 2.41. The van der Waals surface area contributed by atoms with Gasteiger partial charge in [-0.15, -0.1) is 0 Å². The summed E-state index contributed by atoms with van der Waals surface area (Å²) in [7, 11) is 3.24. The number of aryl methyl sites for hydroxylation is 1. The van der Waals surface area contributed by atoms with E-state index in [1.807, 2.05) is 4.57 Å². The second-order valence-corrected chi connectivity index (χ2v) is 8.07. The zero-order valence-electron chi connectivity index (χ0n) is 18.0. The lowest BCUT2D eigenvalue weighted by Gasteiger charge is -2.30. The van der Waals surface area contributed by atoms with Crippen LogP contribution in [0.15, 0.2) is 24.8 Å². The molecule has 0 amide bonds. The van der Waals surface area contributed by atoms with Crippen LogP contribution in [0, 0.1) is 5.82 Å². The Kier molecular flexibility index (Phi) is 5.36. The molecule has 4 heterocycles. The number of aromatic nitrogens is 6. The highest BCUT2D eigenvalue weighted by atomic mass is 35.5. The van der Waals surface area contributed by atoms with E-state index >= 15 is 4.39 Å². The molecule has 1 N–H and O–H groups in total. The minimum Gasteiger partial charge on any atom is -0.495 e. The third kappa shape index (κ3) is 3.26. The van der Waals surface area contributed by atoms with Crippen LogP contribution in [0.3, 0.4) is 0 Å². The Morgan fingerprint density at radius 2 is 2.09 bits per heavy atom. The molecule has 4 aromatic rings. The van der Waals surface area contributed by atoms with Gasteiger partial charge in [-0.25, -0.2) is 14.4 Å². The van der Waals surface area contributed by atoms with Gasteiger partial charge in [0.2, 0.25) is 0 Å². The molecule has 1 atom stereocenters. The summed E-state index contributed by atoms with van der Waals surface area (Å²) in [5.74, 6) is 0.892.